The van der Waals surface area contributed by atoms with Crippen LogP contribution in [0.5, 0.6) is 0 Å². The molecule has 26 heavy (non-hydrogen) atoms. The van der Waals surface area contributed by atoms with Gasteiger partial charge in [-0.15, -0.1) is 0 Å². The molecule has 0 fully saturated rings. The Morgan fingerprint density at radius 3 is 2.38 bits per heavy atom. The van der Waals surface area contributed by atoms with Crippen LogP contribution in [-0.4, -0.2) is 12.6 Å². The largest absolute Gasteiger partial charge is 0.463 e. The summed E-state index contributed by atoms with van der Waals surface area (Å²) in [5.41, 5.74) is 5.83. The Balaban J connectivity index is 2.62. The van der Waals surface area contributed by atoms with E-state index in [1.54, 1.807) is 6.08 Å². The molecule has 0 aliphatic rings. The molecule has 0 aliphatic heterocycles. The first-order chi connectivity index (χ1) is 12.4. The number of benzene rings is 1. The number of allylic oxidation sites excluding steroid dienone is 6. The first kappa shape index (κ1) is 21.7. The smallest absolute Gasteiger partial charge is 0.331 e. The summed E-state index contributed by atoms with van der Waals surface area (Å²) < 4.78 is 5.09. The molecule has 1 aromatic carbocycles. The molecule has 0 saturated carbocycles. The summed E-state index contributed by atoms with van der Waals surface area (Å²) >= 11 is 0. The quantitative estimate of drug-likeness (QED) is 0.213. The van der Waals surface area contributed by atoms with Gasteiger partial charge in [-0.1, -0.05) is 66.6 Å². The second-order valence-electron chi connectivity index (χ2n) is 6.81. The van der Waals surface area contributed by atoms with Crippen molar-refractivity contribution >= 4 is 17.6 Å². The molecule has 0 aliphatic carbocycles. The Bertz CT molecular complexity index is 681. The maximum absolute atomic E-state index is 11.7. The van der Waals surface area contributed by atoms with Crippen molar-refractivity contribution in [3.63, 3.8) is 0 Å². The highest BCUT2D eigenvalue weighted by atomic mass is 16.5. The topological polar surface area (TPSA) is 26.3 Å². The van der Waals surface area contributed by atoms with Crippen LogP contribution >= 0.6 is 0 Å². The average molecular weight is 353 g/mol. The summed E-state index contributed by atoms with van der Waals surface area (Å²) in [5.74, 6) is -0.276. The molecule has 0 heterocycles. The van der Waals surface area contributed by atoms with E-state index in [1.165, 1.54) is 11.1 Å². The fourth-order valence-corrected chi connectivity index (χ4v) is 2.36. The van der Waals surface area contributed by atoms with Gasteiger partial charge in [-0.3, -0.25) is 0 Å². The molecule has 0 amide bonds. The van der Waals surface area contributed by atoms with Crippen molar-refractivity contribution in [2.75, 3.05) is 6.61 Å². The van der Waals surface area contributed by atoms with E-state index < -0.39 is 0 Å². The van der Waals surface area contributed by atoms with E-state index >= 15 is 0 Å². The van der Waals surface area contributed by atoms with Crippen LogP contribution in [0.15, 0.2) is 59.7 Å². The predicted molar refractivity (Wildman–Crippen MR) is 113 cm³/mol. The van der Waals surface area contributed by atoms with Gasteiger partial charge in [0.1, 0.15) is 0 Å². The molecule has 1 rings (SSSR count). The number of hydrogen-bond acceptors (Lipinski definition) is 2. The fourth-order valence-electron chi connectivity index (χ4n) is 2.36. The van der Waals surface area contributed by atoms with Gasteiger partial charge in [-0.05, 0) is 63.7 Å². The van der Waals surface area contributed by atoms with E-state index in [0.29, 0.717) is 6.61 Å². The second-order valence-corrected chi connectivity index (χ2v) is 6.81. The molecule has 0 radical (unpaired) electrons. The highest BCUT2D eigenvalue weighted by molar-refractivity contribution is 5.90. The number of carbonyl (C=O) groups is 1. The number of esters is 1. The van der Waals surface area contributed by atoms with Crippen molar-refractivity contribution in [3.05, 3.63) is 70.8 Å². The minimum atomic E-state index is -0.276. The lowest BCUT2D eigenvalue weighted by Crippen LogP contribution is -2.02. The van der Waals surface area contributed by atoms with Gasteiger partial charge in [0.2, 0.25) is 0 Å². The van der Waals surface area contributed by atoms with Crippen LogP contribution in [0.2, 0.25) is 0 Å². The Morgan fingerprint density at radius 1 is 1.08 bits per heavy atom. The van der Waals surface area contributed by atoms with Crippen LogP contribution in [0.3, 0.4) is 0 Å². The van der Waals surface area contributed by atoms with Crippen molar-refractivity contribution in [2.24, 2.45) is 0 Å². The maximum Gasteiger partial charge on any atom is 0.331 e. The summed E-state index contributed by atoms with van der Waals surface area (Å²) in [6, 6.07) is 8.19. The third-order valence-corrected chi connectivity index (χ3v) is 3.91. The summed E-state index contributed by atoms with van der Waals surface area (Å²) in [4.78, 5) is 11.7. The van der Waals surface area contributed by atoms with Crippen molar-refractivity contribution in [1.29, 1.82) is 0 Å². The summed E-state index contributed by atoms with van der Waals surface area (Å²) in [6.07, 6.45) is 13.2. The molecule has 1 aromatic rings. The zero-order valence-electron chi connectivity index (χ0n) is 16.8. The Labute approximate surface area is 159 Å². The van der Waals surface area contributed by atoms with Crippen LogP contribution in [-0.2, 0) is 9.53 Å². The first-order valence-electron chi connectivity index (χ1n) is 9.35. The molecule has 0 atom stereocenters. The van der Waals surface area contributed by atoms with Gasteiger partial charge in [0.05, 0.1) is 6.61 Å². The molecular weight excluding hydrogens is 320 g/mol. The van der Waals surface area contributed by atoms with Crippen LogP contribution in [0.4, 0.5) is 0 Å². The van der Waals surface area contributed by atoms with Crippen LogP contribution in [0.25, 0.3) is 11.6 Å². The van der Waals surface area contributed by atoms with E-state index in [1.807, 2.05) is 26.0 Å². The molecule has 2 heteroatoms. The molecule has 140 valence electrons. The summed E-state index contributed by atoms with van der Waals surface area (Å²) in [7, 11) is 0. The molecule has 0 saturated heterocycles. The monoisotopic (exact) mass is 352 g/mol. The lowest BCUT2D eigenvalue weighted by atomic mass is 10.0. The molecule has 0 unspecified atom stereocenters. The average Bonchev–Trinajstić information content (AvgIpc) is 2.60. The van der Waals surface area contributed by atoms with Crippen molar-refractivity contribution < 1.29 is 9.53 Å². The predicted octanol–water partition coefficient (Wildman–Crippen LogP) is 6.75. The second kappa shape index (κ2) is 12.1. The van der Waals surface area contributed by atoms with Gasteiger partial charge < -0.3 is 4.74 Å². The third-order valence-electron chi connectivity index (χ3n) is 3.91. The molecule has 2 nitrogen and oxygen atoms in total. The minimum Gasteiger partial charge on any atom is -0.463 e. The van der Waals surface area contributed by atoms with Gasteiger partial charge in [-0.25, -0.2) is 4.79 Å². The van der Waals surface area contributed by atoms with E-state index in [9.17, 15) is 4.79 Å². The van der Waals surface area contributed by atoms with Crippen molar-refractivity contribution in [3.8, 4) is 0 Å². The standard InChI is InChI=1S/C24H32O2/c1-6-17-26-24(25)18-21(5)23-15-13-22(14-16-23)12-8-11-20(4)10-7-9-19(2)3/h8-9,11-16,18H,6-7,10,17H2,1-5H3/b12-8+,20-11+,21-18-. The number of rotatable bonds is 9. The Hall–Kier alpha value is -2.35. The van der Waals surface area contributed by atoms with Crippen LogP contribution < -0.4 is 0 Å². The lowest BCUT2D eigenvalue weighted by molar-refractivity contribution is -0.137. The Morgan fingerprint density at radius 2 is 1.77 bits per heavy atom. The molecule has 0 bridgehead atoms. The minimum absolute atomic E-state index is 0.276. The summed E-state index contributed by atoms with van der Waals surface area (Å²) in [5, 5.41) is 0. The zero-order valence-corrected chi connectivity index (χ0v) is 16.8. The van der Waals surface area contributed by atoms with Gasteiger partial charge in [0, 0.05) is 6.08 Å². The zero-order chi connectivity index (χ0) is 19.4. The molecule has 0 N–H and O–H groups in total. The van der Waals surface area contributed by atoms with Gasteiger partial charge in [0.25, 0.3) is 0 Å². The number of hydrogen-bond donors (Lipinski definition) is 0. The molecular formula is C24H32O2. The fraction of sp³-hybridized carbons (Fsp3) is 0.375. The van der Waals surface area contributed by atoms with E-state index in [2.05, 4.69) is 57.2 Å². The number of ether oxygens (including phenoxy) is 1. The van der Waals surface area contributed by atoms with Gasteiger partial charge >= 0.3 is 5.97 Å². The highest BCUT2D eigenvalue weighted by Crippen LogP contribution is 2.16. The lowest BCUT2D eigenvalue weighted by Gasteiger charge is -2.03. The SMILES string of the molecule is CCCOC(=O)/C=C(/C)c1ccc(/C=C/C=C(\C)CCC=C(C)C)cc1. The third kappa shape index (κ3) is 9.22. The van der Waals surface area contributed by atoms with Crippen molar-refractivity contribution in [2.45, 2.75) is 53.9 Å². The van der Waals surface area contributed by atoms with E-state index in [0.717, 1.165) is 36.0 Å². The van der Waals surface area contributed by atoms with Crippen LogP contribution in [0, 0.1) is 0 Å². The van der Waals surface area contributed by atoms with E-state index in [4.69, 9.17) is 4.74 Å². The van der Waals surface area contributed by atoms with Gasteiger partial charge in [-0.2, -0.15) is 0 Å². The molecule has 0 spiro atoms. The highest BCUT2D eigenvalue weighted by Gasteiger charge is 2.01. The normalized spacial score (nSPS) is 12.3. The molecule has 0 aromatic heterocycles. The Kier molecular flexibility index (Phi) is 10.1. The summed E-state index contributed by atoms with van der Waals surface area (Å²) in [6.45, 7) is 10.8. The first-order valence-corrected chi connectivity index (χ1v) is 9.35. The van der Waals surface area contributed by atoms with Crippen LogP contribution in [0.1, 0.15) is 65.0 Å². The maximum atomic E-state index is 11.7. The van der Waals surface area contributed by atoms with Crippen molar-refractivity contribution in [1.82, 2.24) is 0 Å². The number of carbonyl (C=O) groups excluding carboxylic acids is 1. The van der Waals surface area contributed by atoms with E-state index in [-0.39, 0.29) is 5.97 Å². The van der Waals surface area contributed by atoms with Gasteiger partial charge in [0.15, 0.2) is 0 Å².